The van der Waals surface area contributed by atoms with Crippen LogP contribution >= 0.6 is 0 Å². The van der Waals surface area contributed by atoms with Crippen molar-refractivity contribution in [1.82, 2.24) is 5.32 Å². The zero-order chi connectivity index (χ0) is 23.5. The molecule has 7 N–H and O–H groups in total. The molecule has 1 saturated heterocycles. The van der Waals surface area contributed by atoms with Crippen LogP contribution in [0.25, 0.3) is 0 Å². The van der Waals surface area contributed by atoms with Crippen molar-refractivity contribution in [2.24, 2.45) is 0 Å². The van der Waals surface area contributed by atoms with E-state index < -0.39 is 90.2 Å². The highest BCUT2D eigenvalue weighted by molar-refractivity contribution is 7.80. The Morgan fingerprint density at radius 3 is 2.35 bits per heavy atom. The molecule has 2 heterocycles. The van der Waals surface area contributed by atoms with Crippen molar-refractivity contribution in [3.05, 3.63) is 11.8 Å². The summed E-state index contributed by atoms with van der Waals surface area (Å²) < 4.78 is 51.6. The molecule has 0 saturated carbocycles. The van der Waals surface area contributed by atoms with Gasteiger partial charge in [0.05, 0.1) is 13.2 Å². The third-order valence-corrected chi connectivity index (χ3v) is 4.91. The number of aliphatic carboxylic acids is 1. The largest absolute Gasteiger partial charge is 0.478 e. The normalized spacial score (nSPS) is 36.3. The standard InChI is InChI=1S/C15H23NO14S/c1-5(18)16-10-13(12(30-31(24,25)26)8(3-17)29-15(10)23)27-4-9-11(20)6(19)2-7(28-9)14(21)22/h2,6,8-13,15,17,19-20,23H,3-4H2,1H3,(H,16,18)(H,21,22)(H,24,25,26)/t6-,8+,9-,10+,11+,12-,13+,15+/m0/s1. The predicted molar refractivity (Wildman–Crippen MR) is 94.3 cm³/mol. The number of carbonyl (C=O) groups is 2. The molecule has 0 aromatic heterocycles. The summed E-state index contributed by atoms with van der Waals surface area (Å²) in [6.45, 7) is -0.522. The van der Waals surface area contributed by atoms with Gasteiger partial charge in [0.1, 0.15) is 36.6 Å². The molecule has 0 unspecified atom stereocenters. The first-order valence-electron chi connectivity index (χ1n) is 8.80. The first-order chi connectivity index (χ1) is 14.3. The molecule has 0 radical (unpaired) electrons. The number of carboxylic acids is 1. The highest BCUT2D eigenvalue weighted by Gasteiger charge is 2.49. The van der Waals surface area contributed by atoms with E-state index in [0.29, 0.717) is 0 Å². The molecule has 178 valence electrons. The van der Waals surface area contributed by atoms with Crippen LogP contribution in [-0.2, 0) is 38.4 Å². The Labute approximate surface area is 175 Å². The van der Waals surface area contributed by atoms with Gasteiger partial charge in [-0.15, -0.1) is 0 Å². The molecule has 0 bridgehead atoms. The minimum Gasteiger partial charge on any atom is -0.478 e. The minimum atomic E-state index is -5.12. The summed E-state index contributed by atoms with van der Waals surface area (Å²) in [5.41, 5.74) is 0. The van der Waals surface area contributed by atoms with Gasteiger partial charge >= 0.3 is 16.4 Å². The van der Waals surface area contributed by atoms with Gasteiger partial charge in [-0.25, -0.2) is 8.98 Å². The molecule has 8 atom stereocenters. The van der Waals surface area contributed by atoms with E-state index in [2.05, 4.69) is 9.50 Å². The van der Waals surface area contributed by atoms with E-state index in [1.165, 1.54) is 0 Å². The van der Waals surface area contributed by atoms with Crippen LogP contribution in [-0.4, -0.2) is 113 Å². The van der Waals surface area contributed by atoms with Crippen molar-refractivity contribution < 1.29 is 66.5 Å². The van der Waals surface area contributed by atoms with Crippen LogP contribution in [0, 0.1) is 0 Å². The summed E-state index contributed by atoms with van der Waals surface area (Å²) in [6, 6.07) is -1.48. The van der Waals surface area contributed by atoms with E-state index in [-0.39, 0.29) is 0 Å². The molecular formula is C15H23NO14S. The van der Waals surface area contributed by atoms with Gasteiger partial charge in [-0.1, -0.05) is 0 Å². The number of rotatable bonds is 8. The molecule has 2 aliphatic heterocycles. The Morgan fingerprint density at radius 1 is 1.19 bits per heavy atom. The predicted octanol–water partition coefficient (Wildman–Crippen LogP) is -4.14. The molecule has 0 aromatic carbocycles. The lowest BCUT2D eigenvalue weighted by atomic mass is 9.96. The maximum Gasteiger partial charge on any atom is 0.397 e. The van der Waals surface area contributed by atoms with Gasteiger partial charge in [-0.05, 0) is 6.08 Å². The molecule has 2 rings (SSSR count). The first kappa shape index (κ1) is 25.4. The van der Waals surface area contributed by atoms with Crippen LogP contribution in [0.5, 0.6) is 0 Å². The summed E-state index contributed by atoms with van der Waals surface area (Å²) in [5, 5.41) is 50.7. The van der Waals surface area contributed by atoms with Crippen molar-refractivity contribution >= 4 is 22.3 Å². The summed E-state index contributed by atoms with van der Waals surface area (Å²) in [5.74, 6) is -2.92. The lowest BCUT2D eigenvalue weighted by Gasteiger charge is -2.44. The van der Waals surface area contributed by atoms with E-state index in [1.54, 1.807) is 0 Å². The Kier molecular flexibility index (Phi) is 8.31. The zero-order valence-electron chi connectivity index (χ0n) is 16.0. The average Bonchev–Trinajstić information content (AvgIpc) is 2.64. The summed E-state index contributed by atoms with van der Waals surface area (Å²) >= 11 is 0. The quantitative estimate of drug-likeness (QED) is 0.166. The fraction of sp³-hybridized carbons (Fsp3) is 0.733. The van der Waals surface area contributed by atoms with E-state index in [1.807, 2.05) is 0 Å². The van der Waals surface area contributed by atoms with Crippen molar-refractivity contribution in [3.63, 3.8) is 0 Å². The molecule has 0 spiro atoms. The lowest BCUT2D eigenvalue weighted by molar-refractivity contribution is -0.261. The molecule has 2 aliphatic rings. The number of ether oxygens (including phenoxy) is 3. The second-order valence-corrected chi connectivity index (χ2v) is 7.78. The van der Waals surface area contributed by atoms with E-state index >= 15 is 0 Å². The van der Waals surface area contributed by atoms with Crippen LogP contribution in [0.2, 0.25) is 0 Å². The molecule has 1 fully saturated rings. The van der Waals surface area contributed by atoms with Gasteiger partial charge in [-0.2, -0.15) is 8.42 Å². The van der Waals surface area contributed by atoms with E-state index in [0.717, 1.165) is 13.0 Å². The fourth-order valence-electron chi connectivity index (χ4n) is 3.12. The zero-order valence-corrected chi connectivity index (χ0v) is 16.8. The Balaban J connectivity index is 2.29. The average molecular weight is 473 g/mol. The number of amides is 1. The molecule has 0 aromatic rings. The highest BCUT2D eigenvalue weighted by Crippen LogP contribution is 2.28. The third kappa shape index (κ3) is 6.55. The molecule has 16 heteroatoms. The second kappa shape index (κ2) is 10.2. The number of hydrogen-bond donors (Lipinski definition) is 7. The summed E-state index contributed by atoms with van der Waals surface area (Å²) in [6.07, 6.45) is -10.7. The number of carbonyl (C=O) groups excluding carboxylic acids is 1. The monoisotopic (exact) mass is 473 g/mol. The third-order valence-electron chi connectivity index (χ3n) is 4.44. The van der Waals surface area contributed by atoms with Gasteiger partial charge < -0.3 is 45.1 Å². The number of hydrogen-bond acceptors (Lipinski definition) is 12. The van der Waals surface area contributed by atoms with Gasteiger partial charge in [0.15, 0.2) is 12.4 Å². The minimum absolute atomic E-state index is 0.684. The van der Waals surface area contributed by atoms with E-state index in [9.17, 15) is 38.4 Å². The maximum absolute atomic E-state index is 11.5. The molecule has 1 amide bonds. The van der Waals surface area contributed by atoms with Gasteiger partial charge in [0, 0.05) is 6.92 Å². The van der Waals surface area contributed by atoms with Gasteiger partial charge in [-0.3, -0.25) is 9.35 Å². The lowest BCUT2D eigenvalue weighted by Crippen LogP contribution is -2.66. The highest BCUT2D eigenvalue weighted by atomic mass is 32.3. The Morgan fingerprint density at radius 2 is 1.84 bits per heavy atom. The molecule has 0 aliphatic carbocycles. The number of nitrogens with one attached hydrogen (secondary N) is 1. The topological polar surface area (TPSA) is 239 Å². The van der Waals surface area contributed by atoms with Crippen molar-refractivity contribution in [2.75, 3.05) is 13.2 Å². The smallest absolute Gasteiger partial charge is 0.397 e. The molecular weight excluding hydrogens is 450 g/mol. The fourth-order valence-corrected chi connectivity index (χ4v) is 3.63. The maximum atomic E-state index is 11.5. The summed E-state index contributed by atoms with van der Waals surface area (Å²) in [7, 11) is -5.12. The Bertz CT molecular complexity index is 800. The Hall–Kier alpha value is -1.89. The second-order valence-electron chi connectivity index (χ2n) is 6.73. The van der Waals surface area contributed by atoms with Crippen LogP contribution in [0.3, 0.4) is 0 Å². The first-order valence-corrected chi connectivity index (χ1v) is 10.2. The van der Waals surface area contributed by atoms with Crippen LogP contribution in [0.15, 0.2) is 11.8 Å². The SMILES string of the molecule is CC(=O)N[C@@H]1[C@@H](OC[C@@H]2OC(C(=O)O)=C[C@H](O)[C@H]2O)[C@@H](OS(=O)(=O)O)[C@@H](CO)O[C@H]1O. The van der Waals surface area contributed by atoms with Crippen LogP contribution < -0.4 is 5.32 Å². The van der Waals surface area contributed by atoms with Crippen LogP contribution in [0.4, 0.5) is 0 Å². The van der Waals surface area contributed by atoms with Crippen LogP contribution in [0.1, 0.15) is 6.92 Å². The number of aliphatic hydroxyl groups is 4. The summed E-state index contributed by atoms with van der Waals surface area (Å²) in [4.78, 5) is 22.6. The van der Waals surface area contributed by atoms with Crippen molar-refractivity contribution in [1.29, 1.82) is 0 Å². The number of carboxylic acid groups (broad SMARTS) is 1. The van der Waals surface area contributed by atoms with Crippen molar-refractivity contribution in [2.45, 2.75) is 55.9 Å². The van der Waals surface area contributed by atoms with Gasteiger partial charge in [0.25, 0.3) is 0 Å². The van der Waals surface area contributed by atoms with Crippen molar-refractivity contribution in [3.8, 4) is 0 Å². The molecule has 15 nitrogen and oxygen atoms in total. The molecule has 31 heavy (non-hydrogen) atoms. The van der Waals surface area contributed by atoms with E-state index in [4.69, 9.17) is 23.9 Å². The van der Waals surface area contributed by atoms with Gasteiger partial charge in [0.2, 0.25) is 11.7 Å². The number of aliphatic hydroxyl groups excluding tert-OH is 4.